The predicted octanol–water partition coefficient (Wildman–Crippen LogP) is 2.17. The van der Waals surface area contributed by atoms with Crippen LogP contribution in [-0.2, 0) is 23.8 Å². The number of likely N-dealkylation sites (N-methyl/N-ethyl adjacent to an activating group) is 1. The normalized spacial score (nSPS) is 14.5. The summed E-state index contributed by atoms with van der Waals surface area (Å²) in [5.74, 6) is 1.36. The summed E-state index contributed by atoms with van der Waals surface area (Å²) in [6, 6.07) is 8.06. The number of likely N-dealkylation sites (tertiary alicyclic amines) is 1. The Hall–Kier alpha value is -2.20. The van der Waals surface area contributed by atoms with E-state index in [2.05, 4.69) is 22.5 Å². The molecule has 0 bridgehead atoms. The Morgan fingerprint density at radius 1 is 0.889 bits per heavy atom. The van der Waals surface area contributed by atoms with Crippen LogP contribution >= 0.6 is 0 Å². The van der Waals surface area contributed by atoms with E-state index in [0.717, 1.165) is 57.5 Å². The number of carbonyl (C=O) groups is 2. The number of hydrogen-bond donors (Lipinski definition) is 2. The average molecular weight is 508 g/mol. The van der Waals surface area contributed by atoms with Gasteiger partial charge in [-0.25, -0.2) is 0 Å². The summed E-state index contributed by atoms with van der Waals surface area (Å²) in [4.78, 5) is 25.5. The number of rotatable bonds is 19. The molecule has 0 atom stereocenters. The zero-order valence-corrected chi connectivity index (χ0v) is 22.1. The molecular formula is C27H45N3O6. The van der Waals surface area contributed by atoms with Crippen molar-refractivity contribution in [2.45, 2.75) is 39.0 Å². The van der Waals surface area contributed by atoms with Gasteiger partial charge in [0.1, 0.15) is 19.0 Å². The molecule has 0 unspecified atom stereocenters. The SMILES string of the molecule is CNC(=O)COCCN1CCC(CCNC(=O)COCCOCCCCOc2ccc(C)cc2)CC1. The highest BCUT2D eigenvalue weighted by atomic mass is 16.5. The maximum absolute atomic E-state index is 12.0. The van der Waals surface area contributed by atoms with Crippen LogP contribution in [0.2, 0.25) is 0 Å². The number of nitrogens with zero attached hydrogens (tertiary/aromatic N) is 1. The van der Waals surface area contributed by atoms with Crippen molar-refractivity contribution in [3.63, 3.8) is 0 Å². The van der Waals surface area contributed by atoms with E-state index in [4.69, 9.17) is 18.9 Å². The van der Waals surface area contributed by atoms with Gasteiger partial charge in [-0.15, -0.1) is 0 Å². The van der Waals surface area contributed by atoms with Crippen LogP contribution in [0.25, 0.3) is 0 Å². The Kier molecular flexibility index (Phi) is 15.8. The molecule has 0 spiro atoms. The molecule has 1 saturated heterocycles. The van der Waals surface area contributed by atoms with E-state index in [1.165, 1.54) is 5.56 Å². The third-order valence-electron chi connectivity index (χ3n) is 6.22. The van der Waals surface area contributed by atoms with Gasteiger partial charge in [0.2, 0.25) is 11.8 Å². The molecule has 1 heterocycles. The van der Waals surface area contributed by atoms with Crippen LogP contribution in [0.15, 0.2) is 24.3 Å². The van der Waals surface area contributed by atoms with Gasteiger partial charge < -0.3 is 34.5 Å². The molecular weight excluding hydrogens is 462 g/mol. The molecule has 204 valence electrons. The minimum atomic E-state index is -0.0961. The Morgan fingerprint density at radius 2 is 1.56 bits per heavy atom. The van der Waals surface area contributed by atoms with Gasteiger partial charge >= 0.3 is 0 Å². The van der Waals surface area contributed by atoms with E-state index in [1.54, 1.807) is 7.05 Å². The zero-order valence-electron chi connectivity index (χ0n) is 22.1. The van der Waals surface area contributed by atoms with Gasteiger partial charge in [-0.3, -0.25) is 9.59 Å². The fourth-order valence-electron chi connectivity index (χ4n) is 3.91. The average Bonchev–Trinajstić information content (AvgIpc) is 2.89. The zero-order chi connectivity index (χ0) is 25.8. The van der Waals surface area contributed by atoms with E-state index < -0.39 is 0 Å². The van der Waals surface area contributed by atoms with Crippen molar-refractivity contribution in [3.8, 4) is 5.75 Å². The van der Waals surface area contributed by atoms with Crippen molar-refractivity contribution in [2.24, 2.45) is 5.92 Å². The number of amides is 2. The standard InChI is InChI=1S/C27H45N3O6/c1-23-5-7-25(8-6-23)36-17-4-3-16-33-19-20-35-22-27(32)29-12-9-24-10-13-30(14-11-24)15-18-34-21-26(31)28-2/h5-8,24H,3-4,9-22H2,1-2H3,(H,28,31)(H,29,32). The predicted molar refractivity (Wildman–Crippen MR) is 139 cm³/mol. The summed E-state index contributed by atoms with van der Waals surface area (Å²) in [5.41, 5.74) is 1.22. The lowest BCUT2D eigenvalue weighted by molar-refractivity contribution is -0.126. The van der Waals surface area contributed by atoms with Crippen molar-refractivity contribution < 1.29 is 28.5 Å². The van der Waals surface area contributed by atoms with Gasteiger partial charge in [-0.1, -0.05) is 17.7 Å². The van der Waals surface area contributed by atoms with Gasteiger partial charge in [-0.2, -0.15) is 0 Å². The fraction of sp³-hybridized carbons (Fsp3) is 0.704. The highest BCUT2D eigenvalue weighted by Crippen LogP contribution is 2.19. The van der Waals surface area contributed by atoms with Crippen LogP contribution in [0.4, 0.5) is 0 Å². The van der Waals surface area contributed by atoms with E-state index in [1.807, 2.05) is 24.3 Å². The van der Waals surface area contributed by atoms with Crippen molar-refractivity contribution in [1.29, 1.82) is 0 Å². The monoisotopic (exact) mass is 507 g/mol. The number of aryl methyl sites for hydroxylation is 1. The highest BCUT2D eigenvalue weighted by Gasteiger charge is 2.19. The lowest BCUT2D eigenvalue weighted by atomic mass is 9.93. The second kappa shape index (κ2) is 19.0. The highest BCUT2D eigenvalue weighted by molar-refractivity contribution is 5.77. The lowest BCUT2D eigenvalue weighted by Crippen LogP contribution is -2.37. The Morgan fingerprint density at radius 3 is 2.31 bits per heavy atom. The summed E-state index contributed by atoms with van der Waals surface area (Å²) < 4.78 is 22.0. The third kappa shape index (κ3) is 14.4. The molecule has 9 heteroatoms. The molecule has 36 heavy (non-hydrogen) atoms. The summed E-state index contributed by atoms with van der Waals surface area (Å²) in [7, 11) is 1.61. The van der Waals surface area contributed by atoms with Crippen LogP contribution < -0.4 is 15.4 Å². The van der Waals surface area contributed by atoms with E-state index in [9.17, 15) is 9.59 Å². The van der Waals surface area contributed by atoms with Gasteiger partial charge in [0, 0.05) is 26.7 Å². The second-order valence-corrected chi connectivity index (χ2v) is 9.18. The number of carbonyl (C=O) groups excluding carboxylic acids is 2. The molecule has 0 saturated carbocycles. The van der Waals surface area contributed by atoms with Crippen molar-refractivity contribution in [1.82, 2.24) is 15.5 Å². The van der Waals surface area contributed by atoms with Gasteiger partial charge in [0.15, 0.2) is 0 Å². The molecule has 0 aliphatic carbocycles. The Bertz CT molecular complexity index is 723. The summed E-state index contributed by atoms with van der Waals surface area (Å²) in [6.45, 7) is 8.66. The molecule has 1 fully saturated rings. The number of ether oxygens (including phenoxy) is 4. The molecule has 1 aromatic rings. The van der Waals surface area contributed by atoms with E-state index in [-0.39, 0.29) is 25.0 Å². The first-order chi connectivity index (χ1) is 17.6. The maximum atomic E-state index is 12.0. The number of benzene rings is 1. The maximum Gasteiger partial charge on any atom is 0.245 e. The quantitative estimate of drug-likeness (QED) is 0.277. The van der Waals surface area contributed by atoms with E-state index >= 15 is 0 Å². The van der Waals surface area contributed by atoms with Gasteiger partial charge in [-0.05, 0) is 70.2 Å². The molecule has 1 aliphatic rings. The second-order valence-electron chi connectivity index (χ2n) is 9.18. The Labute approximate surface area is 216 Å². The summed E-state index contributed by atoms with van der Waals surface area (Å²) in [6.07, 6.45) is 5.10. The van der Waals surface area contributed by atoms with Crippen molar-refractivity contribution >= 4 is 11.8 Å². The minimum Gasteiger partial charge on any atom is -0.494 e. The van der Waals surface area contributed by atoms with Gasteiger partial charge in [0.25, 0.3) is 0 Å². The van der Waals surface area contributed by atoms with Crippen molar-refractivity contribution in [3.05, 3.63) is 29.8 Å². The summed E-state index contributed by atoms with van der Waals surface area (Å²) >= 11 is 0. The fourth-order valence-corrected chi connectivity index (χ4v) is 3.91. The van der Waals surface area contributed by atoms with Crippen LogP contribution in [0, 0.1) is 12.8 Å². The largest absolute Gasteiger partial charge is 0.494 e. The van der Waals surface area contributed by atoms with Crippen LogP contribution in [0.1, 0.15) is 37.7 Å². The first kappa shape index (κ1) is 30.0. The number of nitrogens with one attached hydrogen (secondary N) is 2. The number of hydrogen-bond acceptors (Lipinski definition) is 7. The molecule has 1 aromatic carbocycles. The number of piperidine rings is 1. The minimum absolute atomic E-state index is 0.0717. The number of unbranched alkanes of at least 4 members (excludes halogenated alkanes) is 1. The smallest absolute Gasteiger partial charge is 0.245 e. The van der Waals surface area contributed by atoms with Crippen molar-refractivity contribution in [2.75, 3.05) is 79.5 Å². The first-order valence-corrected chi connectivity index (χ1v) is 13.2. The molecule has 2 rings (SSSR count). The topological polar surface area (TPSA) is 98.4 Å². The van der Waals surface area contributed by atoms with Crippen LogP contribution in [-0.4, -0.2) is 96.2 Å². The van der Waals surface area contributed by atoms with E-state index in [0.29, 0.717) is 45.5 Å². The van der Waals surface area contributed by atoms with Crippen LogP contribution in [0.5, 0.6) is 5.75 Å². The molecule has 0 aromatic heterocycles. The third-order valence-corrected chi connectivity index (χ3v) is 6.22. The molecule has 2 N–H and O–H groups in total. The molecule has 2 amide bonds. The lowest BCUT2D eigenvalue weighted by Gasteiger charge is -2.31. The molecule has 1 aliphatic heterocycles. The molecule has 9 nitrogen and oxygen atoms in total. The summed E-state index contributed by atoms with van der Waals surface area (Å²) in [5, 5.41) is 5.49. The van der Waals surface area contributed by atoms with Crippen LogP contribution in [0.3, 0.4) is 0 Å². The Balaban J connectivity index is 1.33. The van der Waals surface area contributed by atoms with Gasteiger partial charge in [0.05, 0.1) is 26.4 Å². The molecule has 0 radical (unpaired) electrons. The first-order valence-electron chi connectivity index (χ1n) is 13.2.